The molecule has 0 radical (unpaired) electrons. The van der Waals surface area contributed by atoms with E-state index >= 15 is 0 Å². The number of likely N-dealkylation sites (N-methyl/N-ethyl adjacent to an activating group) is 1. The fraction of sp³-hybridized carbons (Fsp3) is 1.00. The lowest BCUT2D eigenvalue weighted by molar-refractivity contribution is -0.909. The third-order valence-electron chi connectivity index (χ3n) is 2.18. The number of halogens is 1. The van der Waals surface area contributed by atoms with E-state index in [2.05, 4.69) is 27.9 Å². The Labute approximate surface area is 80.2 Å². The lowest BCUT2D eigenvalue weighted by Crippen LogP contribution is -3.00. The number of quaternary nitrogens is 1. The van der Waals surface area contributed by atoms with Gasteiger partial charge < -0.3 is 33.2 Å². The highest BCUT2D eigenvalue weighted by molar-refractivity contribution is 4.70. The van der Waals surface area contributed by atoms with Crippen LogP contribution in [0, 0.1) is 0 Å². The molecule has 0 aliphatic carbocycles. The van der Waals surface area contributed by atoms with Crippen LogP contribution in [0.25, 0.3) is 0 Å². The maximum absolute atomic E-state index is 5.34. The zero-order chi connectivity index (χ0) is 7.07. The predicted molar refractivity (Wildman–Crippen MR) is 37.0 cm³/mol. The topological polar surface area (TPSA) is 12.5 Å². The highest BCUT2D eigenvalue weighted by Crippen LogP contribution is 2.28. The minimum Gasteiger partial charge on any atom is -1.00 e. The van der Waals surface area contributed by atoms with Crippen molar-refractivity contribution in [2.24, 2.45) is 0 Å². The average molecular weight is 257 g/mol. The third-order valence-corrected chi connectivity index (χ3v) is 2.18. The van der Waals surface area contributed by atoms with E-state index < -0.39 is 0 Å². The summed E-state index contributed by atoms with van der Waals surface area (Å²) in [5, 5.41) is 0. The smallest absolute Gasteiger partial charge is 0.220 e. The normalized spacial score (nSPS) is 31.2. The molecule has 0 aromatic rings. The fourth-order valence-electron chi connectivity index (χ4n) is 1.09. The molecule has 2 unspecified atom stereocenters. The molecule has 0 N–H and O–H groups in total. The second-order valence-electron chi connectivity index (χ2n) is 3.33. The maximum atomic E-state index is 5.34. The number of rotatable bonds is 2. The quantitative estimate of drug-likeness (QED) is 0.312. The summed E-state index contributed by atoms with van der Waals surface area (Å²) in [5.74, 6) is 0. The SMILES string of the molecule is CC[N+](C)(C)C1OC1C.[I-]. The molecule has 1 aliphatic rings. The summed E-state index contributed by atoms with van der Waals surface area (Å²) in [4.78, 5) is 0. The molecule has 0 aromatic heterocycles. The van der Waals surface area contributed by atoms with Gasteiger partial charge in [0.1, 0.15) is 6.10 Å². The van der Waals surface area contributed by atoms with Gasteiger partial charge in [-0.15, -0.1) is 0 Å². The molecule has 62 valence electrons. The van der Waals surface area contributed by atoms with E-state index in [1.165, 1.54) is 0 Å². The van der Waals surface area contributed by atoms with Crippen LogP contribution < -0.4 is 24.0 Å². The van der Waals surface area contributed by atoms with Gasteiger partial charge in [0.15, 0.2) is 0 Å². The first-order valence-electron chi connectivity index (χ1n) is 3.56. The first-order chi connectivity index (χ1) is 4.08. The molecule has 0 spiro atoms. The predicted octanol–water partition coefficient (Wildman–Crippen LogP) is -2.17. The second kappa shape index (κ2) is 3.36. The summed E-state index contributed by atoms with van der Waals surface area (Å²) in [5.41, 5.74) is 0. The average Bonchev–Trinajstić information content (AvgIpc) is 2.47. The van der Waals surface area contributed by atoms with Crippen molar-refractivity contribution in [3.8, 4) is 0 Å². The maximum Gasteiger partial charge on any atom is 0.220 e. The molecule has 3 heteroatoms. The standard InChI is InChI=1S/C7H16NO.HI/c1-5-8(3,4)7-6(2)9-7;/h6-7H,5H2,1-4H3;1H/q+1;/p-1. The van der Waals surface area contributed by atoms with E-state index in [0.717, 1.165) is 11.0 Å². The minimum atomic E-state index is 0. The summed E-state index contributed by atoms with van der Waals surface area (Å²) < 4.78 is 6.35. The van der Waals surface area contributed by atoms with E-state index in [1.807, 2.05) is 0 Å². The molecule has 1 fully saturated rings. The lowest BCUT2D eigenvalue weighted by atomic mass is 10.4. The van der Waals surface area contributed by atoms with Gasteiger partial charge in [0.25, 0.3) is 0 Å². The Morgan fingerprint density at radius 2 is 1.80 bits per heavy atom. The van der Waals surface area contributed by atoms with Gasteiger partial charge in [-0.05, 0) is 13.8 Å². The van der Waals surface area contributed by atoms with E-state index in [0.29, 0.717) is 12.3 Å². The zero-order valence-corrected chi connectivity index (χ0v) is 9.25. The molecule has 10 heavy (non-hydrogen) atoms. The highest BCUT2D eigenvalue weighted by Gasteiger charge is 2.47. The van der Waals surface area contributed by atoms with Gasteiger partial charge in [0.2, 0.25) is 6.23 Å². The Morgan fingerprint density at radius 3 is 1.90 bits per heavy atom. The summed E-state index contributed by atoms with van der Waals surface area (Å²) in [6, 6.07) is 0. The van der Waals surface area contributed by atoms with Crippen LogP contribution in [0.2, 0.25) is 0 Å². The number of hydrogen-bond acceptors (Lipinski definition) is 1. The van der Waals surface area contributed by atoms with Crippen molar-refractivity contribution in [3.63, 3.8) is 0 Å². The van der Waals surface area contributed by atoms with Gasteiger partial charge in [0, 0.05) is 0 Å². The molecule has 2 nitrogen and oxygen atoms in total. The number of ether oxygens (including phenoxy) is 1. The Hall–Kier alpha value is 0.650. The first kappa shape index (κ1) is 10.7. The summed E-state index contributed by atoms with van der Waals surface area (Å²) in [7, 11) is 4.41. The monoisotopic (exact) mass is 257 g/mol. The number of nitrogens with zero attached hydrogens (tertiary/aromatic N) is 1. The van der Waals surface area contributed by atoms with E-state index in [9.17, 15) is 0 Å². The largest absolute Gasteiger partial charge is 1.00 e. The minimum absolute atomic E-state index is 0. The molecule has 1 aliphatic heterocycles. The van der Waals surface area contributed by atoms with Crippen molar-refractivity contribution in [2.45, 2.75) is 26.2 Å². The molecule has 1 heterocycles. The van der Waals surface area contributed by atoms with Crippen LogP contribution >= 0.6 is 0 Å². The molecular formula is C7H16INO. The summed E-state index contributed by atoms with van der Waals surface area (Å²) >= 11 is 0. The third kappa shape index (κ3) is 2.07. The summed E-state index contributed by atoms with van der Waals surface area (Å²) in [6.45, 7) is 5.46. The van der Waals surface area contributed by atoms with Crippen LogP contribution in [-0.2, 0) is 4.74 Å². The van der Waals surface area contributed by atoms with Gasteiger partial charge in [-0.3, -0.25) is 0 Å². The summed E-state index contributed by atoms with van der Waals surface area (Å²) in [6.07, 6.45) is 0.954. The molecule has 1 rings (SSSR count). The zero-order valence-electron chi connectivity index (χ0n) is 7.10. The molecule has 1 saturated heterocycles. The van der Waals surface area contributed by atoms with Gasteiger partial charge in [-0.25, -0.2) is 0 Å². The Morgan fingerprint density at radius 1 is 1.40 bits per heavy atom. The van der Waals surface area contributed by atoms with E-state index in [1.54, 1.807) is 0 Å². The molecule has 0 aromatic carbocycles. The van der Waals surface area contributed by atoms with Gasteiger partial charge >= 0.3 is 0 Å². The van der Waals surface area contributed by atoms with Crippen LogP contribution in [-0.4, -0.2) is 37.5 Å². The number of hydrogen-bond donors (Lipinski definition) is 0. The van der Waals surface area contributed by atoms with Crippen molar-refractivity contribution in [1.29, 1.82) is 0 Å². The molecule has 2 atom stereocenters. The van der Waals surface area contributed by atoms with Gasteiger partial charge in [0.05, 0.1) is 20.6 Å². The Bertz CT molecular complexity index is 116. The van der Waals surface area contributed by atoms with Crippen molar-refractivity contribution in [3.05, 3.63) is 0 Å². The van der Waals surface area contributed by atoms with Crippen LogP contribution in [0.1, 0.15) is 13.8 Å². The highest BCUT2D eigenvalue weighted by atomic mass is 127. The van der Waals surface area contributed by atoms with Crippen molar-refractivity contribution >= 4 is 0 Å². The van der Waals surface area contributed by atoms with Crippen molar-refractivity contribution in [2.75, 3.05) is 20.6 Å². The van der Waals surface area contributed by atoms with Crippen LogP contribution in [0.4, 0.5) is 0 Å². The van der Waals surface area contributed by atoms with Gasteiger partial charge in [-0.1, -0.05) is 0 Å². The second-order valence-corrected chi connectivity index (χ2v) is 3.33. The van der Waals surface area contributed by atoms with Crippen molar-refractivity contribution < 1.29 is 33.2 Å². The lowest BCUT2D eigenvalue weighted by Gasteiger charge is -2.25. The van der Waals surface area contributed by atoms with Crippen LogP contribution in [0.3, 0.4) is 0 Å². The molecule has 0 amide bonds. The van der Waals surface area contributed by atoms with Gasteiger partial charge in [-0.2, -0.15) is 0 Å². The Balaban J connectivity index is 0.000000810. The number of epoxide rings is 1. The molecule has 0 saturated carbocycles. The van der Waals surface area contributed by atoms with Crippen LogP contribution in [0.15, 0.2) is 0 Å². The fourth-order valence-corrected chi connectivity index (χ4v) is 1.09. The van der Waals surface area contributed by atoms with E-state index in [-0.39, 0.29) is 24.0 Å². The molecule has 0 bridgehead atoms. The Kier molecular flexibility index (Phi) is 3.58. The molecular weight excluding hydrogens is 241 g/mol. The first-order valence-corrected chi connectivity index (χ1v) is 3.56. The van der Waals surface area contributed by atoms with E-state index in [4.69, 9.17) is 4.74 Å². The van der Waals surface area contributed by atoms with Crippen LogP contribution in [0.5, 0.6) is 0 Å². The van der Waals surface area contributed by atoms with Crippen molar-refractivity contribution in [1.82, 2.24) is 0 Å².